The third kappa shape index (κ3) is 4.28. The average Bonchev–Trinajstić information content (AvgIpc) is 3.18. The van der Waals surface area contributed by atoms with Gasteiger partial charge in [0.05, 0.1) is 12.7 Å². The SMILES string of the molecule is Cc1cc(SCC(O)CO)ccc1CNC1CC1. The van der Waals surface area contributed by atoms with E-state index in [1.165, 1.54) is 24.0 Å². The van der Waals surface area contributed by atoms with E-state index in [9.17, 15) is 5.11 Å². The summed E-state index contributed by atoms with van der Waals surface area (Å²) in [6.07, 6.45) is 1.99. The summed E-state index contributed by atoms with van der Waals surface area (Å²) in [6.45, 7) is 2.90. The Morgan fingerprint density at radius 2 is 2.22 bits per heavy atom. The molecule has 1 atom stereocenters. The lowest BCUT2D eigenvalue weighted by Crippen LogP contribution is -2.16. The zero-order chi connectivity index (χ0) is 13.0. The molecule has 0 aromatic heterocycles. The molecule has 0 saturated heterocycles. The fraction of sp³-hybridized carbons (Fsp3) is 0.571. The first-order valence-electron chi connectivity index (χ1n) is 6.43. The number of aliphatic hydroxyl groups is 2. The molecule has 1 unspecified atom stereocenters. The molecule has 1 aliphatic rings. The standard InChI is InChI=1S/C14H21NO2S/c1-10-6-14(18-9-13(17)8-16)5-2-11(10)7-15-12-3-4-12/h2,5-6,12-13,15-17H,3-4,7-9H2,1H3. The predicted molar refractivity (Wildman–Crippen MR) is 74.9 cm³/mol. The van der Waals surface area contributed by atoms with Gasteiger partial charge in [-0.15, -0.1) is 11.8 Å². The predicted octanol–water partition coefficient (Wildman–Crippen LogP) is 1.69. The molecule has 1 saturated carbocycles. The molecule has 18 heavy (non-hydrogen) atoms. The van der Waals surface area contributed by atoms with Crippen molar-refractivity contribution in [2.75, 3.05) is 12.4 Å². The Morgan fingerprint density at radius 1 is 1.44 bits per heavy atom. The first-order valence-corrected chi connectivity index (χ1v) is 7.42. The Morgan fingerprint density at radius 3 is 2.83 bits per heavy atom. The minimum Gasteiger partial charge on any atom is -0.394 e. The van der Waals surface area contributed by atoms with E-state index >= 15 is 0 Å². The van der Waals surface area contributed by atoms with Crippen molar-refractivity contribution in [3.8, 4) is 0 Å². The maximum atomic E-state index is 9.31. The van der Waals surface area contributed by atoms with E-state index in [2.05, 4.69) is 30.4 Å². The van der Waals surface area contributed by atoms with Crippen LogP contribution >= 0.6 is 11.8 Å². The minimum atomic E-state index is -0.633. The van der Waals surface area contributed by atoms with Gasteiger partial charge in [0.25, 0.3) is 0 Å². The van der Waals surface area contributed by atoms with Gasteiger partial charge < -0.3 is 15.5 Å². The second-order valence-electron chi connectivity index (χ2n) is 4.89. The van der Waals surface area contributed by atoms with E-state index in [-0.39, 0.29) is 6.61 Å². The van der Waals surface area contributed by atoms with Crippen molar-refractivity contribution in [1.29, 1.82) is 0 Å². The molecule has 4 heteroatoms. The van der Waals surface area contributed by atoms with Gasteiger partial charge in [-0.25, -0.2) is 0 Å². The first kappa shape index (κ1) is 13.9. The Labute approximate surface area is 113 Å². The number of aryl methyl sites for hydroxylation is 1. The number of rotatable bonds is 7. The van der Waals surface area contributed by atoms with Crippen LogP contribution < -0.4 is 5.32 Å². The molecule has 1 aromatic carbocycles. The highest BCUT2D eigenvalue weighted by molar-refractivity contribution is 7.99. The molecule has 0 radical (unpaired) electrons. The van der Waals surface area contributed by atoms with Crippen molar-refractivity contribution >= 4 is 11.8 Å². The van der Waals surface area contributed by atoms with Crippen LogP contribution in [0.1, 0.15) is 24.0 Å². The maximum Gasteiger partial charge on any atom is 0.0864 e. The van der Waals surface area contributed by atoms with E-state index < -0.39 is 6.10 Å². The molecular formula is C14H21NO2S. The van der Waals surface area contributed by atoms with Crippen LogP contribution in [0.4, 0.5) is 0 Å². The Bertz CT molecular complexity index is 393. The molecule has 2 rings (SSSR count). The van der Waals surface area contributed by atoms with Gasteiger partial charge in [0, 0.05) is 23.2 Å². The van der Waals surface area contributed by atoms with Gasteiger partial charge in [-0.3, -0.25) is 0 Å². The van der Waals surface area contributed by atoms with E-state index in [4.69, 9.17) is 5.11 Å². The van der Waals surface area contributed by atoms with Crippen molar-refractivity contribution in [1.82, 2.24) is 5.32 Å². The van der Waals surface area contributed by atoms with Crippen molar-refractivity contribution in [2.45, 2.75) is 43.4 Å². The molecular weight excluding hydrogens is 246 g/mol. The van der Waals surface area contributed by atoms with Gasteiger partial charge in [0.15, 0.2) is 0 Å². The van der Waals surface area contributed by atoms with E-state index in [1.54, 1.807) is 11.8 Å². The van der Waals surface area contributed by atoms with Crippen LogP contribution in [-0.2, 0) is 6.54 Å². The zero-order valence-electron chi connectivity index (χ0n) is 10.7. The Balaban J connectivity index is 1.87. The Kier molecular flexibility index (Phi) is 5.06. The van der Waals surface area contributed by atoms with E-state index in [0.717, 1.165) is 17.5 Å². The quantitative estimate of drug-likeness (QED) is 0.658. The zero-order valence-corrected chi connectivity index (χ0v) is 11.5. The van der Waals surface area contributed by atoms with Gasteiger partial charge in [-0.2, -0.15) is 0 Å². The highest BCUT2D eigenvalue weighted by Gasteiger charge is 2.20. The number of thioether (sulfide) groups is 1. The van der Waals surface area contributed by atoms with Gasteiger partial charge in [-0.05, 0) is 43.0 Å². The van der Waals surface area contributed by atoms with Crippen LogP contribution in [0.25, 0.3) is 0 Å². The number of nitrogens with one attached hydrogen (secondary N) is 1. The van der Waals surface area contributed by atoms with Crippen LogP contribution in [0.3, 0.4) is 0 Å². The van der Waals surface area contributed by atoms with Crippen molar-refractivity contribution in [3.05, 3.63) is 29.3 Å². The number of benzene rings is 1. The number of hydrogen-bond donors (Lipinski definition) is 3. The summed E-state index contributed by atoms with van der Waals surface area (Å²) in [6, 6.07) is 7.13. The number of aliphatic hydroxyl groups excluding tert-OH is 2. The molecule has 0 bridgehead atoms. The third-order valence-corrected chi connectivity index (χ3v) is 4.26. The summed E-state index contributed by atoms with van der Waals surface area (Å²) in [5, 5.41) is 21.6. The maximum absolute atomic E-state index is 9.31. The fourth-order valence-electron chi connectivity index (χ4n) is 1.74. The van der Waals surface area contributed by atoms with Crippen LogP contribution in [-0.4, -0.2) is 34.7 Å². The molecule has 1 fully saturated rings. The fourth-order valence-corrected chi connectivity index (χ4v) is 2.66. The van der Waals surface area contributed by atoms with Gasteiger partial charge in [0.2, 0.25) is 0 Å². The molecule has 3 nitrogen and oxygen atoms in total. The number of hydrogen-bond acceptors (Lipinski definition) is 4. The topological polar surface area (TPSA) is 52.5 Å². The summed E-state index contributed by atoms with van der Waals surface area (Å²) in [4.78, 5) is 1.15. The highest BCUT2D eigenvalue weighted by atomic mass is 32.2. The van der Waals surface area contributed by atoms with E-state index in [1.807, 2.05) is 0 Å². The Hall–Kier alpha value is -0.550. The van der Waals surface area contributed by atoms with Crippen LogP contribution in [0.5, 0.6) is 0 Å². The smallest absolute Gasteiger partial charge is 0.0864 e. The lowest BCUT2D eigenvalue weighted by atomic mass is 10.1. The first-order chi connectivity index (χ1) is 8.69. The molecule has 0 spiro atoms. The van der Waals surface area contributed by atoms with Gasteiger partial charge in [-0.1, -0.05) is 6.07 Å². The van der Waals surface area contributed by atoms with E-state index in [0.29, 0.717) is 5.75 Å². The van der Waals surface area contributed by atoms with Crippen molar-refractivity contribution in [3.63, 3.8) is 0 Å². The second kappa shape index (κ2) is 6.57. The minimum absolute atomic E-state index is 0.171. The van der Waals surface area contributed by atoms with Gasteiger partial charge >= 0.3 is 0 Å². The molecule has 0 aliphatic heterocycles. The third-order valence-electron chi connectivity index (χ3n) is 3.13. The molecule has 3 N–H and O–H groups in total. The van der Waals surface area contributed by atoms with Crippen molar-refractivity contribution in [2.24, 2.45) is 0 Å². The molecule has 0 amide bonds. The lowest BCUT2D eigenvalue weighted by Gasteiger charge is -2.10. The molecule has 100 valence electrons. The summed E-state index contributed by atoms with van der Waals surface area (Å²) >= 11 is 1.58. The molecule has 1 aliphatic carbocycles. The second-order valence-corrected chi connectivity index (χ2v) is 5.98. The largest absolute Gasteiger partial charge is 0.394 e. The average molecular weight is 267 g/mol. The van der Waals surface area contributed by atoms with Crippen molar-refractivity contribution < 1.29 is 10.2 Å². The summed E-state index contributed by atoms with van der Waals surface area (Å²) in [7, 11) is 0. The monoisotopic (exact) mass is 267 g/mol. The van der Waals surface area contributed by atoms with Crippen LogP contribution in [0.15, 0.2) is 23.1 Å². The van der Waals surface area contributed by atoms with Crippen LogP contribution in [0, 0.1) is 6.92 Å². The molecule has 0 heterocycles. The van der Waals surface area contributed by atoms with Gasteiger partial charge in [0.1, 0.15) is 0 Å². The van der Waals surface area contributed by atoms with Crippen LogP contribution in [0.2, 0.25) is 0 Å². The normalized spacial score (nSPS) is 16.8. The summed E-state index contributed by atoms with van der Waals surface area (Å²) in [5.41, 5.74) is 2.63. The highest BCUT2D eigenvalue weighted by Crippen LogP contribution is 2.23. The molecule has 1 aromatic rings. The lowest BCUT2D eigenvalue weighted by molar-refractivity contribution is 0.113. The summed E-state index contributed by atoms with van der Waals surface area (Å²) < 4.78 is 0. The summed E-state index contributed by atoms with van der Waals surface area (Å²) in [5.74, 6) is 0.537.